The molecule has 0 radical (unpaired) electrons. The predicted molar refractivity (Wildman–Crippen MR) is 90.1 cm³/mol. The normalized spacial score (nSPS) is 18.1. The maximum Gasteiger partial charge on any atom is 0.409 e. The summed E-state index contributed by atoms with van der Waals surface area (Å²) in [4.78, 5) is 30.7. The van der Waals surface area contributed by atoms with Crippen LogP contribution in [0, 0.1) is 11.4 Å². The minimum absolute atomic E-state index is 0.0793. The Labute approximate surface area is 146 Å². The van der Waals surface area contributed by atoms with Gasteiger partial charge in [0.25, 0.3) is 0 Å². The Morgan fingerprint density at radius 2 is 1.88 bits per heavy atom. The Bertz CT molecular complexity index is 660. The SMILES string of the molecule is COC(=O)c1ccc(N2CCN(C(=O)OC)C(C(C)(C)C)C2)c(F)n1. The zero-order chi connectivity index (χ0) is 18.8. The molecule has 1 saturated heterocycles. The van der Waals surface area contributed by atoms with Crippen LogP contribution in [0.25, 0.3) is 0 Å². The standard InChI is InChI=1S/C17H24FN3O4/c1-17(2,3)13-10-20(8-9-21(13)16(23)25-5)12-7-6-11(15(22)24-4)19-14(12)18/h6-7,13H,8-10H2,1-5H3. The van der Waals surface area contributed by atoms with Gasteiger partial charge in [0, 0.05) is 19.6 Å². The highest BCUT2D eigenvalue weighted by Gasteiger charge is 2.39. The molecule has 0 saturated carbocycles. The molecule has 1 amide bonds. The van der Waals surface area contributed by atoms with E-state index in [2.05, 4.69) is 9.72 Å². The van der Waals surface area contributed by atoms with E-state index in [4.69, 9.17) is 4.74 Å². The first-order chi connectivity index (χ1) is 11.7. The summed E-state index contributed by atoms with van der Waals surface area (Å²) in [6.45, 7) is 7.35. The van der Waals surface area contributed by atoms with Crippen LogP contribution in [0.5, 0.6) is 0 Å². The van der Waals surface area contributed by atoms with Crippen molar-refractivity contribution in [3.8, 4) is 0 Å². The van der Waals surface area contributed by atoms with Crippen LogP contribution >= 0.6 is 0 Å². The number of carbonyl (C=O) groups is 2. The smallest absolute Gasteiger partial charge is 0.409 e. The lowest BCUT2D eigenvalue weighted by Gasteiger charge is -2.47. The van der Waals surface area contributed by atoms with Crippen LogP contribution < -0.4 is 4.90 Å². The topological polar surface area (TPSA) is 72.0 Å². The molecule has 1 aliphatic rings. The number of carbonyl (C=O) groups excluding carboxylic acids is 2. The minimum Gasteiger partial charge on any atom is -0.464 e. The third kappa shape index (κ3) is 4.00. The molecule has 2 rings (SSSR count). The number of esters is 1. The van der Waals surface area contributed by atoms with Crippen molar-refractivity contribution in [1.82, 2.24) is 9.88 Å². The molecule has 138 valence electrons. The molecule has 7 nitrogen and oxygen atoms in total. The lowest BCUT2D eigenvalue weighted by atomic mass is 9.84. The summed E-state index contributed by atoms with van der Waals surface area (Å²) >= 11 is 0. The van der Waals surface area contributed by atoms with Crippen LogP contribution in [0.15, 0.2) is 12.1 Å². The van der Waals surface area contributed by atoms with Gasteiger partial charge < -0.3 is 19.3 Å². The number of methoxy groups -OCH3 is 2. The van der Waals surface area contributed by atoms with E-state index >= 15 is 0 Å². The van der Waals surface area contributed by atoms with Crippen molar-refractivity contribution < 1.29 is 23.5 Å². The van der Waals surface area contributed by atoms with Gasteiger partial charge in [-0.05, 0) is 17.5 Å². The monoisotopic (exact) mass is 353 g/mol. The number of ether oxygens (including phenoxy) is 2. The summed E-state index contributed by atoms with van der Waals surface area (Å²) in [7, 11) is 2.57. The van der Waals surface area contributed by atoms with Gasteiger partial charge in [0.15, 0.2) is 5.69 Å². The molecule has 1 fully saturated rings. The van der Waals surface area contributed by atoms with E-state index in [9.17, 15) is 14.0 Å². The van der Waals surface area contributed by atoms with Crippen LogP contribution in [0.3, 0.4) is 0 Å². The van der Waals surface area contributed by atoms with Crippen LogP contribution in [0.1, 0.15) is 31.3 Å². The summed E-state index contributed by atoms with van der Waals surface area (Å²) in [5.74, 6) is -1.42. The summed E-state index contributed by atoms with van der Waals surface area (Å²) in [6, 6.07) is 2.79. The molecule has 1 aromatic rings. The Balaban J connectivity index is 2.27. The second-order valence-electron chi connectivity index (χ2n) is 6.99. The number of amides is 1. The summed E-state index contributed by atoms with van der Waals surface area (Å²) in [5, 5.41) is 0. The van der Waals surface area contributed by atoms with Crippen molar-refractivity contribution in [2.75, 3.05) is 38.8 Å². The molecule has 8 heteroatoms. The molecule has 1 aliphatic heterocycles. The second-order valence-corrected chi connectivity index (χ2v) is 6.99. The molecule has 1 unspecified atom stereocenters. The Morgan fingerprint density at radius 1 is 1.20 bits per heavy atom. The number of piperazine rings is 1. The van der Waals surface area contributed by atoms with E-state index in [-0.39, 0.29) is 23.2 Å². The molecule has 1 aromatic heterocycles. The number of hydrogen-bond donors (Lipinski definition) is 0. The van der Waals surface area contributed by atoms with E-state index in [1.807, 2.05) is 25.7 Å². The van der Waals surface area contributed by atoms with Gasteiger partial charge in [-0.25, -0.2) is 14.6 Å². The second kappa shape index (κ2) is 7.25. The molecule has 0 bridgehead atoms. The van der Waals surface area contributed by atoms with Gasteiger partial charge in [-0.1, -0.05) is 20.8 Å². The number of rotatable bonds is 2. The maximum absolute atomic E-state index is 14.4. The quantitative estimate of drug-likeness (QED) is 0.600. The molecular formula is C17H24FN3O4. The fourth-order valence-corrected chi connectivity index (χ4v) is 2.96. The van der Waals surface area contributed by atoms with Gasteiger partial charge in [0.2, 0.25) is 5.95 Å². The van der Waals surface area contributed by atoms with Gasteiger partial charge in [0.1, 0.15) is 0 Å². The van der Waals surface area contributed by atoms with Crippen LogP contribution in [0.2, 0.25) is 0 Å². The first-order valence-corrected chi connectivity index (χ1v) is 8.03. The lowest BCUT2D eigenvalue weighted by Crippen LogP contribution is -2.60. The summed E-state index contributed by atoms with van der Waals surface area (Å²) in [6.07, 6.45) is -0.390. The molecule has 0 aliphatic carbocycles. The Morgan fingerprint density at radius 3 is 2.40 bits per heavy atom. The van der Waals surface area contributed by atoms with Crippen molar-refractivity contribution in [2.24, 2.45) is 5.41 Å². The highest BCUT2D eigenvalue weighted by Crippen LogP contribution is 2.31. The lowest BCUT2D eigenvalue weighted by molar-refractivity contribution is 0.0590. The molecule has 0 spiro atoms. The van der Waals surface area contributed by atoms with E-state index in [0.717, 1.165) is 0 Å². The fraction of sp³-hybridized carbons (Fsp3) is 0.588. The van der Waals surface area contributed by atoms with Gasteiger partial charge in [-0.2, -0.15) is 4.39 Å². The summed E-state index contributed by atoms with van der Waals surface area (Å²) in [5.41, 5.74) is -0.00125. The van der Waals surface area contributed by atoms with Crippen molar-refractivity contribution >= 4 is 17.7 Å². The number of nitrogens with zero attached hydrogens (tertiary/aromatic N) is 3. The van der Waals surface area contributed by atoms with Gasteiger partial charge >= 0.3 is 12.1 Å². The minimum atomic E-state index is -0.734. The van der Waals surface area contributed by atoms with Gasteiger partial charge in [0.05, 0.1) is 25.9 Å². The van der Waals surface area contributed by atoms with E-state index in [1.54, 1.807) is 4.90 Å². The van der Waals surface area contributed by atoms with E-state index in [1.165, 1.54) is 26.4 Å². The predicted octanol–water partition coefficient (Wildman–Crippen LogP) is 2.31. The van der Waals surface area contributed by atoms with E-state index < -0.39 is 11.9 Å². The highest BCUT2D eigenvalue weighted by molar-refractivity contribution is 5.87. The Hall–Kier alpha value is -2.38. The third-order valence-corrected chi connectivity index (χ3v) is 4.35. The molecule has 0 N–H and O–H groups in total. The average molecular weight is 353 g/mol. The van der Waals surface area contributed by atoms with Crippen LogP contribution in [-0.2, 0) is 9.47 Å². The van der Waals surface area contributed by atoms with Gasteiger partial charge in [-0.3, -0.25) is 0 Å². The van der Waals surface area contributed by atoms with E-state index in [0.29, 0.717) is 25.3 Å². The molecule has 0 aromatic carbocycles. The summed E-state index contributed by atoms with van der Waals surface area (Å²) < 4.78 is 23.8. The molecular weight excluding hydrogens is 329 g/mol. The third-order valence-electron chi connectivity index (χ3n) is 4.35. The van der Waals surface area contributed by atoms with Crippen molar-refractivity contribution in [1.29, 1.82) is 0 Å². The first kappa shape index (κ1) is 19.0. The molecule has 1 atom stereocenters. The Kier molecular flexibility index (Phi) is 5.49. The number of hydrogen-bond acceptors (Lipinski definition) is 6. The van der Waals surface area contributed by atoms with Gasteiger partial charge in [-0.15, -0.1) is 0 Å². The zero-order valence-electron chi connectivity index (χ0n) is 15.2. The number of aromatic nitrogens is 1. The highest BCUT2D eigenvalue weighted by atomic mass is 19.1. The van der Waals surface area contributed by atoms with Crippen molar-refractivity contribution in [3.05, 3.63) is 23.8 Å². The number of halogens is 1. The largest absolute Gasteiger partial charge is 0.464 e. The average Bonchev–Trinajstić information content (AvgIpc) is 2.59. The molecule has 25 heavy (non-hydrogen) atoms. The zero-order valence-corrected chi connectivity index (χ0v) is 15.2. The van der Waals surface area contributed by atoms with Crippen LogP contribution in [-0.4, -0.2) is 61.8 Å². The van der Waals surface area contributed by atoms with Crippen LogP contribution in [0.4, 0.5) is 14.9 Å². The fourth-order valence-electron chi connectivity index (χ4n) is 2.96. The molecule has 2 heterocycles. The number of pyridine rings is 1. The number of anilines is 1. The first-order valence-electron chi connectivity index (χ1n) is 8.03. The van der Waals surface area contributed by atoms with Crippen molar-refractivity contribution in [2.45, 2.75) is 26.8 Å². The maximum atomic E-state index is 14.4. The van der Waals surface area contributed by atoms with Crippen molar-refractivity contribution in [3.63, 3.8) is 0 Å².